The van der Waals surface area contributed by atoms with Crippen LogP contribution in [-0.2, 0) is 44.9 Å². The van der Waals surface area contributed by atoms with E-state index in [1.807, 2.05) is 27.3 Å². The summed E-state index contributed by atoms with van der Waals surface area (Å²) in [5, 5.41) is 2.90. The quantitative estimate of drug-likeness (QED) is 0.111. The molecule has 0 unspecified atom stereocenters. The number of nitrogens with zero attached hydrogens (tertiary/aromatic N) is 8. The van der Waals surface area contributed by atoms with Gasteiger partial charge in [0.1, 0.15) is 53.8 Å². The predicted octanol–water partition coefficient (Wildman–Crippen LogP) is 10.5. The van der Waals surface area contributed by atoms with Crippen molar-refractivity contribution in [3.63, 3.8) is 0 Å². The average Bonchev–Trinajstić information content (AvgIpc) is 4.36. The summed E-state index contributed by atoms with van der Waals surface area (Å²) in [5.41, 5.74) is 9.18. The van der Waals surface area contributed by atoms with Crippen LogP contribution in [0.2, 0.25) is 44.3 Å². The Kier molecular flexibility index (Phi) is 16.5. The maximum absolute atomic E-state index is 12.9. The third kappa shape index (κ3) is 9.49. The van der Waals surface area contributed by atoms with Gasteiger partial charge in [-0.05, 0) is 56.5 Å². The topological polar surface area (TPSA) is 235 Å². The molecule has 21 nitrogen and oxygen atoms in total. The Morgan fingerprint density at radius 3 is 1.36 bits per heavy atom. The number of imidazole rings is 2. The summed E-state index contributed by atoms with van der Waals surface area (Å²) >= 11 is 0. The molecule has 6 saturated heterocycles. The third-order valence-electron chi connectivity index (χ3n) is 18.0. The number of fused-ring (bicyclic) bond motifs is 6. The number of anilines is 2. The van der Waals surface area contributed by atoms with Gasteiger partial charge in [0.2, 0.25) is 0 Å². The van der Waals surface area contributed by atoms with Gasteiger partial charge in [0.25, 0.3) is 5.91 Å². The predicted molar refractivity (Wildman–Crippen MR) is 311 cm³/mol. The molecule has 0 bridgehead atoms. The van der Waals surface area contributed by atoms with Crippen molar-refractivity contribution in [2.24, 2.45) is 0 Å². The molecule has 2 spiro atoms. The lowest BCUT2D eigenvalue weighted by atomic mass is 9.86. The molecule has 25 heteroatoms. The van der Waals surface area contributed by atoms with Gasteiger partial charge in [0.05, 0.1) is 39.1 Å². The summed E-state index contributed by atoms with van der Waals surface area (Å²) in [6.07, 6.45) is 5.44. The van der Waals surface area contributed by atoms with Gasteiger partial charge in [-0.2, -0.15) is 0 Å². The fourth-order valence-electron chi connectivity index (χ4n) is 13.5. The minimum absolute atomic E-state index is 0.183. The van der Waals surface area contributed by atoms with Crippen LogP contribution < -0.4 is 11.1 Å². The molecule has 6 aliphatic rings. The van der Waals surface area contributed by atoms with Crippen LogP contribution in [0, 0.1) is 0 Å². The van der Waals surface area contributed by atoms with E-state index in [1.165, 1.54) is 12.7 Å². The molecule has 10 heterocycles. The largest absolute Gasteiger partial charge is 0.414 e. The van der Waals surface area contributed by atoms with E-state index in [9.17, 15) is 4.79 Å². The summed E-state index contributed by atoms with van der Waals surface area (Å²) in [6, 6.07) is 9.01. The molecular weight excluding hydrogens is 1090 g/mol. The first-order valence-corrected chi connectivity index (χ1v) is 36.9. The number of benzene rings is 1. The molecule has 5 aromatic rings. The minimum atomic E-state index is -2.89. The number of nitrogens with two attached hydrogens (primary N) is 1. The number of ether oxygens (including phenoxy) is 4. The lowest BCUT2D eigenvalue weighted by Crippen LogP contribution is -2.68. The van der Waals surface area contributed by atoms with E-state index in [0.717, 1.165) is 12.8 Å². The molecule has 0 aliphatic carbocycles. The van der Waals surface area contributed by atoms with Crippen LogP contribution in [-0.4, -0.2) is 141 Å². The highest BCUT2D eigenvalue weighted by Crippen LogP contribution is 2.58. The molecule has 0 saturated carbocycles. The molecule has 11 rings (SSSR count). The molecular formula is C55H86N10O11Si4. The van der Waals surface area contributed by atoms with E-state index < -0.39 is 57.9 Å². The van der Waals surface area contributed by atoms with E-state index >= 15 is 0 Å². The summed E-state index contributed by atoms with van der Waals surface area (Å²) in [7, 11) is -11.1. The zero-order chi connectivity index (χ0) is 57.5. The number of nitrogen functional groups attached to an aromatic ring is 1. The van der Waals surface area contributed by atoms with Crippen LogP contribution in [0.3, 0.4) is 0 Å². The summed E-state index contributed by atoms with van der Waals surface area (Å²) < 4.78 is 73.8. The molecule has 80 heavy (non-hydrogen) atoms. The second kappa shape index (κ2) is 22.2. The third-order valence-corrected chi connectivity index (χ3v) is 38.4. The Morgan fingerprint density at radius 1 is 0.562 bits per heavy atom. The molecule has 1 amide bonds. The highest BCUT2D eigenvalue weighted by molar-refractivity contribution is 6.84. The van der Waals surface area contributed by atoms with Gasteiger partial charge < -0.3 is 55.9 Å². The first kappa shape index (κ1) is 59.2. The Bertz CT molecular complexity index is 2960. The fraction of sp³-hybridized carbons (Fsp3) is 0.691. The number of carbonyl (C=O) groups excluding carboxylic acids is 1. The first-order valence-electron chi connectivity index (χ1n) is 29.0. The Balaban J connectivity index is 0.000000184. The molecule has 6 fully saturated rings. The van der Waals surface area contributed by atoms with Crippen molar-refractivity contribution < 1.29 is 49.7 Å². The number of amides is 1. The number of carbonyl (C=O) groups is 1. The van der Waals surface area contributed by atoms with Crippen molar-refractivity contribution in [1.82, 2.24) is 39.0 Å². The van der Waals surface area contributed by atoms with Gasteiger partial charge in [-0.25, -0.2) is 29.9 Å². The van der Waals surface area contributed by atoms with E-state index in [4.69, 9.17) is 50.6 Å². The first-order chi connectivity index (χ1) is 37.9. The lowest BCUT2D eigenvalue weighted by molar-refractivity contribution is -0.224. The van der Waals surface area contributed by atoms with Crippen LogP contribution in [0.25, 0.3) is 22.3 Å². The van der Waals surface area contributed by atoms with Crippen molar-refractivity contribution in [2.75, 3.05) is 37.5 Å². The normalized spacial score (nSPS) is 29.7. The molecule has 0 radical (unpaired) electrons. The van der Waals surface area contributed by atoms with E-state index in [2.05, 4.69) is 146 Å². The van der Waals surface area contributed by atoms with Crippen LogP contribution in [0.1, 0.15) is 146 Å². The Hall–Kier alpha value is -3.94. The number of aromatic nitrogens is 8. The molecule has 6 aliphatic heterocycles. The van der Waals surface area contributed by atoms with E-state index in [0.29, 0.717) is 66.0 Å². The number of nitrogens with one attached hydrogen (secondary N) is 1. The molecule has 4 aromatic heterocycles. The molecule has 3 N–H and O–H groups in total. The summed E-state index contributed by atoms with van der Waals surface area (Å²) in [4.78, 5) is 39.6. The van der Waals surface area contributed by atoms with Crippen LogP contribution in [0.4, 0.5) is 11.6 Å². The van der Waals surface area contributed by atoms with Crippen molar-refractivity contribution >= 4 is 74.1 Å². The Labute approximate surface area is 475 Å². The monoisotopic (exact) mass is 1170 g/mol. The second-order valence-corrected chi connectivity index (χ2v) is 42.8. The van der Waals surface area contributed by atoms with Crippen molar-refractivity contribution in [3.8, 4) is 0 Å². The van der Waals surface area contributed by atoms with E-state index in [-0.39, 0.29) is 74.7 Å². The second-order valence-electron chi connectivity index (χ2n) is 25.1. The maximum atomic E-state index is 12.9. The van der Waals surface area contributed by atoms with Gasteiger partial charge in [-0.15, -0.1) is 0 Å². The zero-order valence-electron chi connectivity index (χ0n) is 49.7. The fourth-order valence-corrected chi connectivity index (χ4v) is 36.0. The highest BCUT2D eigenvalue weighted by Gasteiger charge is 2.70. The van der Waals surface area contributed by atoms with Gasteiger partial charge in [-0.1, -0.05) is 129 Å². The van der Waals surface area contributed by atoms with Crippen molar-refractivity contribution in [3.05, 3.63) is 61.2 Å². The highest BCUT2D eigenvalue weighted by atomic mass is 28.5. The van der Waals surface area contributed by atoms with E-state index in [1.54, 1.807) is 24.8 Å². The molecule has 1 aromatic carbocycles. The molecule has 8 atom stereocenters. The van der Waals surface area contributed by atoms with Gasteiger partial charge in [0, 0.05) is 18.4 Å². The number of hydrogen-bond donors (Lipinski definition) is 2. The van der Waals surface area contributed by atoms with Crippen molar-refractivity contribution in [1.29, 1.82) is 0 Å². The van der Waals surface area contributed by atoms with Crippen molar-refractivity contribution in [2.45, 2.75) is 216 Å². The molecule has 438 valence electrons. The Morgan fingerprint density at radius 2 is 0.963 bits per heavy atom. The minimum Gasteiger partial charge on any atom is -0.414 e. The van der Waals surface area contributed by atoms with Gasteiger partial charge in [-0.3, -0.25) is 13.9 Å². The van der Waals surface area contributed by atoms with Crippen LogP contribution >= 0.6 is 0 Å². The maximum Gasteiger partial charge on any atom is 0.335 e. The van der Waals surface area contributed by atoms with Gasteiger partial charge in [0.15, 0.2) is 40.9 Å². The van der Waals surface area contributed by atoms with Gasteiger partial charge >= 0.3 is 34.2 Å². The van der Waals surface area contributed by atoms with Crippen LogP contribution in [0.5, 0.6) is 0 Å². The summed E-state index contributed by atoms with van der Waals surface area (Å²) in [6.45, 7) is 37.5. The SMILES string of the molecule is CC(C)[Si]1(C(C)C)OC[C@H]2O[C@@H](n3cnc4c(N)ncnc43)[C@]3(CCO3)[C@@H]2O[Si](C(C)C)(C(C)C)O1.CC(C)[Si]1(C(C)C)OC[C@H]2O[C@@H](n3cnc4c(NC(=O)c5ccccc5)ncnc43)[C@]3(CCO3)[C@@H]2O[Si](C(C)C)(C(C)C)O1. The van der Waals surface area contributed by atoms with Crippen LogP contribution in [0.15, 0.2) is 55.6 Å². The number of rotatable bonds is 12. The summed E-state index contributed by atoms with van der Waals surface area (Å²) in [5.74, 6) is 0.403. The lowest BCUT2D eigenvalue weighted by Gasteiger charge is -2.54. The zero-order valence-corrected chi connectivity index (χ0v) is 53.7. The number of hydrogen-bond acceptors (Lipinski definition) is 18. The standard InChI is InChI=1S/C31H45N5O6Si2.C24H41N5O5Si2/c1-19(2)43(20(3)4)39-16-24-26(41-44(42-43,21(5)6)22(7)8)31(14-15-38-31)30(40-24)36-18-34-25-27(32-17-33-28(25)36)35-29(37)23-12-10-9-11-13-23;1-14(2)35(15(3)4)31-11-18-20(33-36(34-35,16(5)6)17(7)8)24(9-10-30-24)23(32-18)29-13-28-19-21(25)26-12-27-22(19)29/h9-13,17-22,24,26,30H,14-16H2,1-8H3,(H,32,33,35,37);12-18,20,23H,9-11H2,1-8H3,(H2,25,26,27)/t24-,26-,30-,31+;18-,20-,23-,24+/m11/s1. The average molecular weight is 1180 g/mol. The smallest absolute Gasteiger partial charge is 0.335 e.